The molecule has 5 heteroatoms. The highest BCUT2D eigenvalue weighted by Gasteiger charge is 2.30. The SMILES string of the molecule is O=C1CC(C(=O)O)NCC1O. The summed E-state index contributed by atoms with van der Waals surface area (Å²) in [6.45, 7) is 0.0375. The number of carboxylic acid groups (broad SMARTS) is 1. The fourth-order valence-electron chi connectivity index (χ4n) is 0.952. The Hall–Kier alpha value is -0.940. The van der Waals surface area contributed by atoms with Crippen molar-refractivity contribution in [2.45, 2.75) is 18.6 Å². The van der Waals surface area contributed by atoms with Crippen molar-refractivity contribution in [3.8, 4) is 0 Å². The van der Waals surface area contributed by atoms with Gasteiger partial charge < -0.3 is 15.5 Å². The van der Waals surface area contributed by atoms with Crippen LogP contribution in [0.5, 0.6) is 0 Å². The number of rotatable bonds is 1. The molecule has 0 amide bonds. The van der Waals surface area contributed by atoms with Crippen molar-refractivity contribution in [1.29, 1.82) is 0 Å². The van der Waals surface area contributed by atoms with Gasteiger partial charge in [0.25, 0.3) is 0 Å². The molecule has 1 rings (SSSR count). The van der Waals surface area contributed by atoms with Crippen LogP contribution in [0.2, 0.25) is 0 Å². The number of hydrogen-bond donors (Lipinski definition) is 3. The van der Waals surface area contributed by atoms with Gasteiger partial charge in [-0.25, -0.2) is 0 Å². The second-order valence-corrected chi connectivity index (χ2v) is 2.49. The minimum atomic E-state index is -1.05. The number of nitrogens with one attached hydrogen (secondary N) is 1. The lowest BCUT2D eigenvalue weighted by Crippen LogP contribution is -2.50. The zero-order valence-corrected chi connectivity index (χ0v) is 5.78. The van der Waals surface area contributed by atoms with E-state index in [1.807, 2.05) is 0 Å². The van der Waals surface area contributed by atoms with Gasteiger partial charge in [0.05, 0.1) is 0 Å². The predicted molar refractivity (Wildman–Crippen MR) is 35.1 cm³/mol. The molecule has 2 atom stereocenters. The Balaban J connectivity index is 2.53. The van der Waals surface area contributed by atoms with Gasteiger partial charge in [-0.2, -0.15) is 0 Å². The summed E-state index contributed by atoms with van der Waals surface area (Å²) in [4.78, 5) is 21.1. The summed E-state index contributed by atoms with van der Waals surface area (Å²) < 4.78 is 0. The minimum Gasteiger partial charge on any atom is -0.480 e. The quantitative estimate of drug-likeness (QED) is 0.427. The van der Waals surface area contributed by atoms with Crippen LogP contribution in [0, 0.1) is 0 Å². The van der Waals surface area contributed by atoms with Gasteiger partial charge in [-0.15, -0.1) is 0 Å². The first kappa shape index (κ1) is 8.16. The smallest absolute Gasteiger partial charge is 0.321 e. The molecule has 62 valence electrons. The summed E-state index contributed by atoms with van der Waals surface area (Å²) in [7, 11) is 0. The number of Topliss-reactive ketones (excluding diaryl/α,β-unsaturated/α-hetero) is 1. The molecule has 0 aliphatic carbocycles. The highest BCUT2D eigenvalue weighted by molar-refractivity contribution is 5.89. The molecule has 1 heterocycles. The summed E-state index contributed by atoms with van der Waals surface area (Å²) in [5, 5.41) is 19.8. The van der Waals surface area contributed by atoms with Crippen molar-refractivity contribution in [2.75, 3.05) is 6.54 Å². The number of carboxylic acids is 1. The Kier molecular flexibility index (Phi) is 2.21. The number of ketones is 1. The molecular formula is C6H9NO4. The van der Waals surface area contributed by atoms with Crippen molar-refractivity contribution in [3.05, 3.63) is 0 Å². The highest BCUT2D eigenvalue weighted by Crippen LogP contribution is 2.03. The number of aliphatic carboxylic acids is 1. The zero-order chi connectivity index (χ0) is 8.43. The summed E-state index contributed by atoms with van der Waals surface area (Å²) in [6.07, 6.45) is -1.16. The Labute approximate surface area is 63.0 Å². The topological polar surface area (TPSA) is 86.6 Å². The molecule has 0 radical (unpaired) electrons. The van der Waals surface area contributed by atoms with E-state index in [0.717, 1.165) is 0 Å². The Morgan fingerprint density at radius 2 is 2.27 bits per heavy atom. The van der Waals surface area contributed by atoms with E-state index in [1.165, 1.54) is 0 Å². The van der Waals surface area contributed by atoms with Crippen LogP contribution in [0.4, 0.5) is 0 Å². The molecular weight excluding hydrogens is 150 g/mol. The van der Waals surface area contributed by atoms with Gasteiger partial charge in [-0.05, 0) is 0 Å². The number of β-amino-alcohol motifs (C(OH)–C–C–N with tert-alkyl or cyclic N) is 1. The molecule has 3 N–H and O–H groups in total. The van der Waals surface area contributed by atoms with E-state index in [9.17, 15) is 9.59 Å². The van der Waals surface area contributed by atoms with Gasteiger partial charge >= 0.3 is 5.97 Å². The lowest BCUT2D eigenvalue weighted by atomic mass is 10.0. The number of carbonyl (C=O) groups is 2. The van der Waals surface area contributed by atoms with Gasteiger partial charge in [0.15, 0.2) is 5.78 Å². The molecule has 0 aromatic carbocycles. The number of carbonyl (C=O) groups excluding carboxylic acids is 1. The average molecular weight is 159 g/mol. The van der Waals surface area contributed by atoms with Crippen molar-refractivity contribution in [2.24, 2.45) is 0 Å². The van der Waals surface area contributed by atoms with Gasteiger partial charge in [0.2, 0.25) is 0 Å². The van der Waals surface area contributed by atoms with Crippen LogP contribution in [0.15, 0.2) is 0 Å². The molecule has 2 unspecified atom stereocenters. The molecule has 0 aromatic heterocycles. The zero-order valence-electron chi connectivity index (χ0n) is 5.78. The third kappa shape index (κ3) is 1.75. The van der Waals surface area contributed by atoms with E-state index in [-0.39, 0.29) is 13.0 Å². The van der Waals surface area contributed by atoms with Crippen LogP contribution < -0.4 is 5.32 Å². The lowest BCUT2D eigenvalue weighted by Gasteiger charge is -2.22. The molecule has 1 saturated heterocycles. The third-order valence-corrected chi connectivity index (χ3v) is 1.63. The second kappa shape index (κ2) is 2.98. The maximum absolute atomic E-state index is 10.8. The average Bonchev–Trinajstić information content (AvgIpc) is 1.94. The van der Waals surface area contributed by atoms with Gasteiger partial charge in [0.1, 0.15) is 12.1 Å². The van der Waals surface area contributed by atoms with Crippen molar-refractivity contribution >= 4 is 11.8 Å². The summed E-state index contributed by atoms with van der Waals surface area (Å²) in [5.41, 5.74) is 0. The first-order valence-electron chi connectivity index (χ1n) is 3.28. The monoisotopic (exact) mass is 159 g/mol. The second-order valence-electron chi connectivity index (χ2n) is 2.49. The summed E-state index contributed by atoms with van der Waals surface area (Å²) in [6, 6.07) is -0.828. The molecule has 11 heavy (non-hydrogen) atoms. The molecule has 0 bridgehead atoms. The van der Waals surface area contributed by atoms with Crippen molar-refractivity contribution in [1.82, 2.24) is 5.32 Å². The van der Waals surface area contributed by atoms with Gasteiger partial charge in [-0.1, -0.05) is 0 Å². The van der Waals surface area contributed by atoms with Crippen LogP contribution in [-0.4, -0.2) is 40.7 Å². The van der Waals surface area contributed by atoms with Crippen LogP contribution in [-0.2, 0) is 9.59 Å². The van der Waals surface area contributed by atoms with E-state index in [2.05, 4.69) is 5.32 Å². The molecule has 5 nitrogen and oxygen atoms in total. The van der Waals surface area contributed by atoms with E-state index < -0.39 is 23.9 Å². The van der Waals surface area contributed by atoms with Crippen LogP contribution >= 0.6 is 0 Å². The fraction of sp³-hybridized carbons (Fsp3) is 0.667. The number of piperidine rings is 1. The lowest BCUT2D eigenvalue weighted by molar-refractivity contribution is -0.144. The van der Waals surface area contributed by atoms with Crippen LogP contribution in [0.1, 0.15) is 6.42 Å². The number of aliphatic hydroxyl groups excluding tert-OH is 1. The largest absolute Gasteiger partial charge is 0.480 e. The molecule has 1 aliphatic rings. The van der Waals surface area contributed by atoms with E-state index in [0.29, 0.717) is 0 Å². The third-order valence-electron chi connectivity index (χ3n) is 1.63. The number of hydrogen-bond acceptors (Lipinski definition) is 4. The summed E-state index contributed by atoms with van der Waals surface area (Å²) >= 11 is 0. The van der Waals surface area contributed by atoms with Crippen LogP contribution in [0.25, 0.3) is 0 Å². The Bertz CT molecular complexity index is 191. The molecule has 1 aliphatic heterocycles. The van der Waals surface area contributed by atoms with E-state index >= 15 is 0 Å². The van der Waals surface area contributed by atoms with E-state index in [1.54, 1.807) is 0 Å². The van der Waals surface area contributed by atoms with Crippen LogP contribution in [0.3, 0.4) is 0 Å². The Morgan fingerprint density at radius 3 is 2.73 bits per heavy atom. The van der Waals surface area contributed by atoms with Crippen molar-refractivity contribution in [3.63, 3.8) is 0 Å². The fourth-order valence-corrected chi connectivity index (χ4v) is 0.952. The van der Waals surface area contributed by atoms with Gasteiger partial charge in [-0.3, -0.25) is 9.59 Å². The summed E-state index contributed by atoms with van der Waals surface area (Å²) in [5.74, 6) is -1.46. The van der Waals surface area contributed by atoms with Gasteiger partial charge in [0, 0.05) is 13.0 Å². The highest BCUT2D eigenvalue weighted by atomic mass is 16.4. The predicted octanol–water partition coefficient (Wildman–Crippen LogP) is -1.64. The first-order valence-corrected chi connectivity index (χ1v) is 3.28. The standard InChI is InChI=1S/C6H9NO4/c8-4-1-3(6(10)11)7-2-5(4)9/h3,5,7,9H,1-2H2,(H,10,11). The van der Waals surface area contributed by atoms with Crippen molar-refractivity contribution < 1.29 is 19.8 Å². The normalized spacial score (nSPS) is 31.9. The van der Waals surface area contributed by atoms with E-state index in [4.69, 9.17) is 10.2 Å². The number of aliphatic hydroxyl groups is 1. The minimum absolute atomic E-state index is 0.0375. The molecule has 0 saturated carbocycles. The Morgan fingerprint density at radius 1 is 1.64 bits per heavy atom. The maximum Gasteiger partial charge on any atom is 0.321 e. The molecule has 1 fully saturated rings. The molecule has 0 spiro atoms. The molecule has 0 aromatic rings. The first-order chi connectivity index (χ1) is 5.11. The maximum atomic E-state index is 10.8.